The van der Waals surface area contributed by atoms with E-state index in [2.05, 4.69) is 5.32 Å². The lowest BCUT2D eigenvalue weighted by atomic mass is 9.87. The molecule has 1 N–H and O–H groups in total. The van der Waals surface area contributed by atoms with Crippen LogP contribution in [0.4, 0.5) is 31.1 Å². The SMILES string of the molecule is CCC1CC(NCc2cc(C(F)(F)F)cc(C(F)(F)F)c2)CC(Cc2ccc(Cl)cc2)N1C(=O)OC(C)(C)C. The smallest absolute Gasteiger partial charge is 0.416 e. The van der Waals surface area contributed by atoms with Gasteiger partial charge in [0.2, 0.25) is 0 Å². The first-order valence-electron chi connectivity index (χ1n) is 12.7. The van der Waals surface area contributed by atoms with Crippen LogP contribution in [0.1, 0.15) is 69.2 Å². The number of carbonyl (C=O) groups excluding carboxylic acids is 1. The van der Waals surface area contributed by atoms with Crippen molar-refractivity contribution < 1.29 is 35.9 Å². The maximum Gasteiger partial charge on any atom is 0.416 e. The highest BCUT2D eigenvalue weighted by Crippen LogP contribution is 2.37. The van der Waals surface area contributed by atoms with E-state index in [9.17, 15) is 31.1 Å². The van der Waals surface area contributed by atoms with Crippen molar-refractivity contribution in [1.29, 1.82) is 0 Å². The molecular weight excluding hydrogens is 546 g/mol. The fourth-order valence-corrected chi connectivity index (χ4v) is 5.00. The zero-order chi connectivity index (χ0) is 29.2. The van der Waals surface area contributed by atoms with Crippen LogP contribution in [0.25, 0.3) is 0 Å². The first kappa shape index (κ1) is 31.1. The van der Waals surface area contributed by atoms with E-state index >= 15 is 0 Å². The van der Waals surface area contributed by atoms with Crippen molar-refractivity contribution in [2.75, 3.05) is 0 Å². The van der Waals surface area contributed by atoms with Crippen molar-refractivity contribution >= 4 is 17.7 Å². The maximum absolute atomic E-state index is 13.3. The number of halogens is 7. The Hall–Kier alpha value is -2.46. The standard InChI is InChI=1S/C28H33ClF6N2O2/c1-5-23-14-22(36-16-18-10-19(27(30,31)32)13-20(11-18)28(33,34)35)15-24(12-17-6-8-21(29)9-7-17)37(23)25(38)39-26(2,3)4/h6-11,13,22-24,36H,5,12,14-16H2,1-4H3. The third-order valence-electron chi connectivity index (χ3n) is 6.60. The van der Waals surface area contributed by atoms with Crippen LogP contribution in [0.3, 0.4) is 0 Å². The van der Waals surface area contributed by atoms with Gasteiger partial charge < -0.3 is 15.0 Å². The van der Waals surface area contributed by atoms with E-state index in [4.69, 9.17) is 16.3 Å². The molecule has 1 fully saturated rings. The van der Waals surface area contributed by atoms with E-state index in [1.165, 1.54) is 0 Å². The van der Waals surface area contributed by atoms with Gasteiger partial charge in [-0.05, 0) is 87.9 Å². The normalized spacial score (nSPS) is 20.7. The molecule has 216 valence electrons. The van der Waals surface area contributed by atoms with Crippen molar-refractivity contribution in [3.05, 3.63) is 69.7 Å². The van der Waals surface area contributed by atoms with Crippen LogP contribution in [0.2, 0.25) is 5.02 Å². The van der Waals surface area contributed by atoms with Crippen molar-refractivity contribution in [2.45, 2.75) is 96.0 Å². The molecule has 4 nitrogen and oxygen atoms in total. The zero-order valence-electron chi connectivity index (χ0n) is 22.2. The second kappa shape index (κ2) is 12.0. The molecule has 1 heterocycles. The molecule has 3 rings (SSSR count). The molecule has 0 bridgehead atoms. The quantitative estimate of drug-likeness (QED) is 0.351. The van der Waals surface area contributed by atoms with E-state index in [0.29, 0.717) is 30.7 Å². The van der Waals surface area contributed by atoms with Crippen LogP contribution < -0.4 is 5.32 Å². The summed E-state index contributed by atoms with van der Waals surface area (Å²) in [6.45, 7) is 7.07. The van der Waals surface area contributed by atoms with Crippen molar-refractivity contribution in [3.8, 4) is 0 Å². The molecule has 1 aliphatic rings. The molecule has 0 aliphatic carbocycles. The fourth-order valence-electron chi connectivity index (χ4n) is 4.88. The number of nitrogens with one attached hydrogen (secondary N) is 1. The van der Waals surface area contributed by atoms with E-state index in [1.807, 2.05) is 19.1 Å². The summed E-state index contributed by atoms with van der Waals surface area (Å²) in [6.07, 6.45) is -8.30. The molecule has 39 heavy (non-hydrogen) atoms. The highest BCUT2D eigenvalue weighted by molar-refractivity contribution is 6.30. The minimum atomic E-state index is -4.91. The number of likely N-dealkylation sites (tertiary alicyclic amines) is 1. The van der Waals surface area contributed by atoms with Crippen LogP contribution in [0.15, 0.2) is 42.5 Å². The summed E-state index contributed by atoms with van der Waals surface area (Å²) in [5.41, 5.74) is -2.59. The number of nitrogens with zero attached hydrogens (tertiary/aromatic N) is 1. The third kappa shape index (κ3) is 8.76. The van der Waals surface area contributed by atoms with Crippen LogP contribution >= 0.6 is 11.6 Å². The molecule has 1 saturated heterocycles. The Balaban J connectivity index is 1.86. The molecule has 2 aromatic rings. The minimum Gasteiger partial charge on any atom is -0.444 e. The Kier molecular flexibility index (Phi) is 9.53. The summed E-state index contributed by atoms with van der Waals surface area (Å²) in [5, 5.41) is 3.72. The van der Waals surface area contributed by atoms with Gasteiger partial charge in [-0.15, -0.1) is 0 Å². The molecule has 0 saturated carbocycles. The molecule has 3 atom stereocenters. The highest BCUT2D eigenvalue weighted by atomic mass is 35.5. The second-order valence-corrected chi connectivity index (χ2v) is 11.3. The number of hydrogen-bond donors (Lipinski definition) is 1. The van der Waals surface area contributed by atoms with Crippen molar-refractivity contribution in [3.63, 3.8) is 0 Å². The van der Waals surface area contributed by atoms with Gasteiger partial charge in [-0.2, -0.15) is 26.3 Å². The first-order valence-corrected chi connectivity index (χ1v) is 13.1. The van der Waals surface area contributed by atoms with Crippen LogP contribution in [-0.4, -0.2) is 34.7 Å². The van der Waals surface area contributed by atoms with Gasteiger partial charge in [0.1, 0.15) is 5.60 Å². The van der Waals surface area contributed by atoms with Gasteiger partial charge in [0.25, 0.3) is 0 Å². The van der Waals surface area contributed by atoms with Gasteiger partial charge in [0, 0.05) is 29.7 Å². The lowest BCUT2D eigenvalue weighted by Gasteiger charge is -2.45. The molecule has 0 spiro atoms. The van der Waals surface area contributed by atoms with Crippen LogP contribution in [0.5, 0.6) is 0 Å². The Labute approximate surface area is 229 Å². The Morgan fingerprint density at radius 1 is 0.923 bits per heavy atom. The third-order valence-corrected chi connectivity index (χ3v) is 6.85. The molecule has 3 unspecified atom stereocenters. The average molecular weight is 579 g/mol. The number of rotatable bonds is 6. The number of alkyl halides is 6. The van der Waals surface area contributed by atoms with Gasteiger partial charge in [0.05, 0.1) is 11.1 Å². The summed E-state index contributed by atoms with van der Waals surface area (Å²) in [6, 6.07) is 7.99. The molecule has 2 aromatic carbocycles. The number of benzene rings is 2. The van der Waals surface area contributed by atoms with Crippen molar-refractivity contribution in [1.82, 2.24) is 10.2 Å². The fraction of sp³-hybridized carbons (Fsp3) is 0.536. The number of carbonyl (C=O) groups is 1. The van der Waals surface area contributed by atoms with Crippen molar-refractivity contribution in [2.24, 2.45) is 0 Å². The topological polar surface area (TPSA) is 41.6 Å². The number of hydrogen-bond acceptors (Lipinski definition) is 3. The predicted molar refractivity (Wildman–Crippen MR) is 137 cm³/mol. The Morgan fingerprint density at radius 2 is 1.46 bits per heavy atom. The molecule has 0 radical (unpaired) electrons. The van der Waals surface area contributed by atoms with E-state index < -0.39 is 35.2 Å². The number of amides is 1. The lowest BCUT2D eigenvalue weighted by molar-refractivity contribution is -0.143. The lowest BCUT2D eigenvalue weighted by Crippen LogP contribution is -2.57. The van der Waals surface area contributed by atoms with Gasteiger partial charge >= 0.3 is 18.4 Å². The molecule has 1 aliphatic heterocycles. The van der Waals surface area contributed by atoms with E-state index in [0.717, 1.165) is 17.7 Å². The Morgan fingerprint density at radius 3 is 1.95 bits per heavy atom. The predicted octanol–water partition coefficient (Wildman–Crippen LogP) is 8.26. The summed E-state index contributed by atoms with van der Waals surface area (Å²) in [5.74, 6) is 0. The molecular formula is C28H33ClF6N2O2. The summed E-state index contributed by atoms with van der Waals surface area (Å²) >= 11 is 6.02. The largest absolute Gasteiger partial charge is 0.444 e. The second-order valence-electron chi connectivity index (χ2n) is 10.9. The molecule has 1 amide bonds. The maximum atomic E-state index is 13.3. The summed E-state index contributed by atoms with van der Waals surface area (Å²) in [4.78, 5) is 15.0. The summed E-state index contributed by atoms with van der Waals surface area (Å²) in [7, 11) is 0. The highest BCUT2D eigenvalue weighted by Gasteiger charge is 2.40. The zero-order valence-corrected chi connectivity index (χ0v) is 23.0. The monoisotopic (exact) mass is 578 g/mol. The van der Waals surface area contributed by atoms with Crippen LogP contribution in [0, 0.1) is 0 Å². The van der Waals surface area contributed by atoms with E-state index in [1.54, 1.807) is 37.8 Å². The number of ether oxygens (including phenoxy) is 1. The van der Waals surface area contributed by atoms with Gasteiger partial charge in [-0.1, -0.05) is 30.7 Å². The number of piperidine rings is 1. The Bertz CT molecular complexity index is 1100. The molecule has 11 heteroatoms. The minimum absolute atomic E-state index is 0.117. The first-order chi connectivity index (χ1) is 18.0. The average Bonchev–Trinajstić information content (AvgIpc) is 2.81. The molecule has 0 aromatic heterocycles. The van der Waals surface area contributed by atoms with Gasteiger partial charge in [0.15, 0.2) is 0 Å². The van der Waals surface area contributed by atoms with E-state index in [-0.39, 0.29) is 36.3 Å². The van der Waals surface area contributed by atoms with Gasteiger partial charge in [-0.25, -0.2) is 4.79 Å². The van der Waals surface area contributed by atoms with Crippen LogP contribution in [-0.2, 0) is 30.1 Å². The van der Waals surface area contributed by atoms with Gasteiger partial charge in [-0.3, -0.25) is 0 Å². The summed E-state index contributed by atoms with van der Waals surface area (Å²) < 4.78 is 85.5.